The molecule has 1 aliphatic heterocycles. The largest absolute Gasteiger partial charge is 0.352 e. The minimum atomic E-state index is 0.201. The second kappa shape index (κ2) is 8.05. The maximum absolute atomic E-state index is 12.3. The molecule has 0 bridgehead atoms. The normalized spacial score (nSPS) is 22.0. The molecule has 0 atom stereocenters. The van der Waals surface area contributed by atoms with Crippen LogP contribution in [0.15, 0.2) is 48.5 Å². The van der Waals surface area contributed by atoms with Crippen molar-refractivity contribution in [3.63, 3.8) is 0 Å². The summed E-state index contributed by atoms with van der Waals surface area (Å²) >= 11 is 0. The average molecular weight is 348 g/mol. The van der Waals surface area contributed by atoms with Gasteiger partial charge in [-0.3, -0.25) is 4.79 Å². The topological polar surface area (TPSA) is 41.1 Å². The number of rotatable bonds is 5. The van der Waals surface area contributed by atoms with Crippen LogP contribution in [-0.2, 0) is 24.4 Å². The molecule has 1 fully saturated rings. The summed E-state index contributed by atoms with van der Waals surface area (Å²) in [6.07, 6.45) is 5.42. The van der Waals surface area contributed by atoms with Gasteiger partial charge < -0.3 is 10.6 Å². The third-order valence-corrected chi connectivity index (χ3v) is 5.98. The Morgan fingerprint density at radius 2 is 1.73 bits per heavy atom. The van der Waals surface area contributed by atoms with Gasteiger partial charge in [-0.15, -0.1) is 0 Å². The highest BCUT2D eigenvalue weighted by Gasteiger charge is 2.24. The molecule has 136 valence electrons. The van der Waals surface area contributed by atoms with Gasteiger partial charge >= 0.3 is 0 Å². The first-order valence-corrected chi connectivity index (χ1v) is 9.91. The molecule has 0 spiro atoms. The average Bonchev–Trinajstić information content (AvgIpc) is 3.15. The van der Waals surface area contributed by atoms with E-state index in [1.807, 2.05) is 0 Å². The fraction of sp³-hybridized carbons (Fsp3) is 0.435. The second-order valence-electron chi connectivity index (χ2n) is 7.82. The molecular weight excluding hydrogens is 320 g/mol. The first-order chi connectivity index (χ1) is 12.8. The molecule has 2 N–H and O–H groups in total. The molecule has 2 aromatic carbocycles. The maximum Gasteiger partial charge on any atom is 0.220 e. The smallest absolute Gasteiger partial charge is 0.220 e. The standard InChI is InChI=1S/C23H28N2O/c26-23(25-14-18-8-11-21-15-24-16-22(21)12-18)13-17-6-9-20(10-7-17)19-4-2-1-3-5-19/h1-5,8,11-12,17,20,24H,6-7,9-10,13-16H2,(H,25,26). The molecule has 0 saturated heterocycles. The Morgan fingerprint density at radius 1 is 0.962 bits per heavy atom. The Kier molecular flexibility index (Phi) is 5.35. The quantitative estimate of drug-likeness (QED) is 0.847. The van der Waals surface area contributed by atoms with Crippen LogP contribution in [0.25, 0.3) is 0 Å². The predicted molar refractivity (Wildman–Crippen MR) is 105 cm³/mol. The molecule has 2 aromatic rings. The number of hydrogen-bond donors (Lipinski definition) is 2. The van der Waals surface area contributed by atoms with E-state index in [0.717, 1.165) is 25.9 Å². The summed E-state index contributed by atoms with van der Waals surface area (Å²) in [4.78, 5) is 12.3. The van der Waals surface area contributed by atoms with E-state index in [4.69, 9.17) is 0 Å². The third-order valence-electron chi connectivity index (χ3n) is 5.98. The zero-order valence-corrected chi connectivity index (χ0v) is 15.3. The van der Waals surface area contributed by atoms with Gasteiger partial charge in [0.25, 0.3) is 0 Å². The van der Waals surface area contributed by atoms with E-state index in [9.17, 15) is 4.79 Å². The molecular formula is C23H28N2O. The Bertz CT molecular complexity index is 748. The summed E-state index contributed by atoms with van der Waals surface area (Å²) < 4.78 is 0. The van der Waals surface area contributed by atoms with Crippen LogP contribution in [0.5, 0.6) is 0 Å². The second-order valence-corrected chi connectivity index (χ2v) is 7.82. The van der Waals surface area contributed by atoms with Gasteiger partial charge in [-0.25, -0.2) is 0 Å². The van der Waals surface area contributed by atoms with Crippen LogP contribution < -0.4 is 10.6 Å². The van der Waals surface area contributed by atoms with Gasteiger partial charge in [0.05, 0.1) is 0 Å². The van der Waals surface area contributed by atoms with Crippen LogP contribution in [0, 0.1) is 5.92 Å². The molecule has 3 heteroatoms. The highest BCUT2D eigenvalue weighted by Crippen LogP contribution is 2.36. The zero-order valence-electron chi connectivity index (χ0n) is 15.3. The lowest BCUT2D eigenvalue weighted by Gasteiger charge is -2.28. The molecule has 2 aliphatic rings. The molecule has 0 aromatic heterocycles. The van der Waals surface area contributed by atoms with Crippen molar-refractivity contribution in [1.82, 2.24) is 10.6 Å². The van der Waals surface area contributed by atoms with Crippen LogP contribution in [0.3, 0.4) is 0 Å². The van der Waals surface area contributed by atoms with Gasteiger partial charge in [0, 0.05) is 26.1 Å². The summed E-state index contributed by atoms with van der Waals surface area (Å²) in [6, 6.07) is 17.4. The molecule has 1 amide bonds. The number of amides is 1. The van der Waals surface area contributed by atoms with Crippen LogP contribution in [0.4, 0.5) is 0 Å². The van der Waals surface area contributed by atoms with E-state index in [2.05, 4.69) is 59.2 Å². The summed E-state index contributed by atoms with van der Waals surface area (Å²) in [5.74, 6) is 1.42. The number of nitrogens with one attached hydrogen (secondary N) is 2. The van der Waals surface area contributed by atoms with Crippen LogP contribution >= 0.6 is 0 Å². The van der Waals surface area contributed by atoms with Gasteiger partial charge in [0.1, 0.15) is 0 Å². The Morgan fingerprint density at radius 3 is 2.54 bits per heavy atom. The summed E-state index contributed by atoms with van der Waals surface area (Å²) in [5.41, 5.74) is 5.42. The van der Waals surface area contributed by atoms with Crippen molar-refractivity contribution in [2.75, 3.05) is 0 Å². The molecule has 3 nitrogen and oxygen atoms in total. The van der Waals surface area contributed by atoms with Crippen molar-refractivity contribution < 1.29 is 4.79 Å². The number of carbonyl (C=O) groups is 1. The highest BCUT2D eigenvalue weighted by molar-refractivity contribution is 5.76. The summed E-state index contributed by atoms with van der Waals surface area (Å²) in [5, 5.41) is 6.48. The first-order valence-electron chi connectivity index (χ1n) is 9.91. The van der Waals surface area contributed by atoms with E-state index in [-0.39, 0.29) is 5.91 Å². The van der Waals surface area contributed by atoms with Gasteiger partial charge in [-0.2, -0.15) is 0 Å². The minimum absolute atomic E-state index is 0.201. The van der Waals surface area contributed by atoms with Crippen molar-refractivity contribution in [1.29, 1.82) is 0 Å². The fourth-order valence-electron chi connectivity index (χ4n) is 4.42. The minimum Gasteiger partial charge on any atom is -0.352 e. The Hall–Kier alpha value is -2.13. The van der Waals surface area contributed by atoms with Gasteiger partial charge in [0.2, 0.25) is 5.91 Å². The number of benzene rings is 2. The van der Waals surface area contributed by atoms with E-state index in [1.165, 1.54) is 35.1 Å². The van der Waals surface area contributed by atoms with E-state index in [0.29, 0.717) is 24.8 Å². The zero-order chi connectivity index (χ0) is 17.8. The van der Waals surface area contributed by atoms with Crippen molar-refractivity contribution in [3.05, 3.63) is 70.8 Å². The van der Waals surface area contributed by atoms with Crippen LogP contribution in [0.1, 0.15) is 60.3 Å². The molecule has 1 aliphatic carbocycles. The van der Waals surface area contributed by atoms with Crippen LogP contribution in [0.2, 0.25) is 0 Å². The maximum atomic E-state index is 12.3. The third kappa shape index (κ3) is 4.16. The lowest BCUT2D eigenvalue weighted by atomic mass is 9.77. The van der Waals surface area contributed by atoms with Crippen molar-refractivity contribution in [2.45, 2.75) is 57.7 Å². The van der Waals surface area contributed by atoms with Crippen LogP contribution in [-0.4, -0.2) is 5.91 Å². The van der Waals surface area contributed by atoms with Crippen molar-refractivity contribution in [2.24, 2.45) is 5.92 Å². The van der Waals surface area contributed by atoms with Crippen molar-refractivity contribution >= 4 is 5.91 Å². The number of fused-ring (bicyclic) bond motifs is 1. The molecule has 0 radical (unpaired) electrons. The lowest BCUT2D eigenvalue weighted by molar-refractivity contribution is -0.122. The summed E-state index contributed by atoms with van der Waals surface area (Å²) in [7, 11) is 0. The number of hydrogen-bond acceptors (Lipinski definition) is 2. The Labute approximate surface area is 156 Å². The molecule has 1 heterocycles. The highest BCUT2D eigenvalue weighted by atomic mass is 16.1. The molecule has 4 rings (SSSR count). The SMILES string of the molecule is O=C(CC1CCC(c2ccccc2)CC1)NCc1ccc2c(c1)CNC2. The van der Waals surface area contributed by atoms with Crippen molar-refractivity contribution in [3.8, 4) is 0 Å². The van der Waals surface area contributed by atoms with E-state index >= 15 is 0 Å². The van der Waals surface area contributed by atoms with Gasteiger partial charge in [-0.05, 0) is 59.8 Å². The molecule has 1 saturated carbocycles. The molecule has 26 heavy (non-hydrogen) atoms. The first kappa shape index (κ1) is 17.3. The van der Waals surface area contributed by atoms with Gasteiger partial charge in [-0.1, -0.05) is 48.5 Å². The lowest BCUT2D eigenvalue weighted by Crippen LogP contribution is -2.26. The van der Waals surface area contributed by atoms with Gasteiger partial charge in [0.15, 0.2) is 0 Å². The molecule has 0 unspecified atom stereocenters. The Balaban J connectivity index is 1.22. The fourth-order valence-corrected chi connectivity index (χ4v) is 4.42. The predicted octanol–water partition coefficient (Wildman–Crippen LogP) is 4.27. The number of carbonyl (C=O) groups excluding carboxylic acids is 1. The van der Waals surface area contributed by atoms with E-state index in [1.54, 1.807) is 0 Å². The monoisotopic (exact) mass is 348 g/mol. The summed E-state index contributed by atoms with van der Waals surface area (Å²) in [6.45, 7) is 2.56. The van der Waals surface area contributed by atoms with E-state index < -0.39 is 0 Å².